The van der Waals surface area contributed by atoms with Gasteiger partial charge in [-0.05, 0) is 40.2 Å². The molecule has 0 amide bonds. The van der Waals surface area contributed by atoms with Gasteiger partial charge in [0.1, 0.15) is 5.69 Å². The average molecular weight is 406 g/mol. The van der Waals surface area contributed by atoms with Crippen molar-refractivity contribution < 1.29 is 4.79 Å². The Bertz CT molecular complexity index is 812. The third kappa shape index (κ3) is 2.84. The summed E-state index contributed by atoms with van der Waals surface area (Å²) in [6, 6.07) is 15.5. The topological polar surface area (TPSA) is 34.9 Å². The van der Waals surface area contributed by atoms with E-state index in [9.17, 15) is 4.79 Å². The molecular formula is C16H10Br2N2O. The summed E-state index contributed by atoms with van der Waals surface area (Å²) < 4.78 is 3.59. The van der Waals surface area contributed by atoms with E-state index in [1.165, 1.54) is 0 Å². The zero-order valence-electron chi connectivity index (χ0n) is 10.8. The Balaban J connectivity index is 2.15. The Morgan fingerprint density at radius 1 is 1.05 bits per heavy atom. The molecule has 3 nitrogen and oxygen atoms in total. The summed E-state index contributed by atoms with van der Waals surface area (Å²) in [5.41, 5.74) is 3.02. The first kappa shape index (κ1) is 14.2. The number of benzene rings is 2. The largest absolute Gasteiger partial charge is 0.298 e. The molecule has 104 valence electrons. The van der Waals surface area contributed by atoms with E-state index in [1.54, 1.807) is 10.9 Å². The quantitative estimate of drug-likeness (QED) is 0.582. The number of para-hydroxylation sites is 1. The van der Waals surface area contributed by atoms with E-state index in [1.807, 2.05) is 48.5 Å². The van der Waals surface area contributed by atoms with E-state index in [2.05, 4.69) is 37.0 Å². The smallest absolute Gasteiger partial charge is 0.153 e. The average Bonchev–Trinajstić information content (AvgIpc) is 2.92. The lowest BCUT2D eigenvalue weighted by molar-refractivity contribution is 0.112. The van der Waals surface area contributed by atoms with Crippen LogP contribution in [-0.2, 0) is 0 Å². The maximum atomic E-state index is 11.3. The van der Waals surface area contributed by atoms with Crippen LogP contribution >= 0.6 is 31.9 Å². The van der Waals surface area contributed by atoms with Gasteiger partial charge in [0.2, 0.25) is 0 Å². The number of hydrogen-bond acceptors (Lipinski definition) is 2. The van der Waals surface area contributed by atoms with E-state index in [0.29, 0.717) is 11.3 Å². The molecule has 0 saturated carbocycles. The fraction of sp³-hybridized carbons (Fsp3) is 0. The van der Waals surface area contributed by atoms with Crippen LogP contribution in [0.25, 0.3) is 16.9 Å². The van der Waals surface area contributed by atoms with Gasteiger partial charge in [0.05, 0.1) is 11.3 Å². The highest BCUT2D eigenvalue weighted by atomic mass is 79.9. The molecule has 3 aromatic rings. The molecule has 0 aliphatic heterocycles. The van der Waals surface area contributed by atoms with Crippen molar-refractivity contribution in [3.8, 4) is 16.9 Å². The van der Waals surface area contributed by atoms with Crippen LogP contribution in [0.5, 0.6) is 0 Å². The highest BCUT2D eigenvalue weighted by Gasteiger charge is 2.13. The van der Waals surface area contributed by atoms with Crippen LogP contribution in [0.15, 0.2) is 63.7 Å². The van der Waals surface area contributed by atoms with E-state index < -0.39 is 0 Å². The Kier molecular flexibility index (Phi) is 4.03. The lowest BCUT2D eigenvalue weighted by Gasteiger charge is -2.03. The molecule has 0 bridgehead atoms. The fourth-order valence-electron chi connectivity index (χ4n) is 2.09. The maximum Gasteiger partial charge on any atom is 0.153 e. The van der Waals surface area contributed by atoms with Gasteiger partial charge in [-0.15, -0.1) is 0 Å². The summed E-state index contributed by atoms with van der Waals surface area (Å²) in [5.74, 6) is 0. The molecule has 0 aliphatic rings. The van der Waals surface area contributed by atoms with Crippen molar-refractivity contribution in [1.82, 2.24) is 9.78 Å². The lowest BCUT2D eigenvalue weighted by atomic mass is 10.1. The molecule has 0 unspecified atom stereocenters. The molecule has 1 aromatic heterocycles. The third-order valence-electron chi connectivity index (χ3n) is 3.07. The molecule has 0 N–H and O–H groups in total. The van der Waals surface area contributed by atoms with Crippen molar-refractivity contribution in [3.05, 3.63) is 69.2 Å². The summed E-state index contributed by atoms with van der Waals surface area (Å²) in [7, 11) is 0. The SMILES string of the molecule is O=Cc1cn(-c2ccccc2Br)nc1-c1cccc(Br)c1. The van der Waals surface area contributed by atoms with Crippen LogP contribution in [0.3, 0.4) is 0 Å². The molecule has 0 spiro atoms. The standard InChI is InChI=1S/C16H10Br2N2O/c17-13-5-3-4-11(8-13)16-12(10-21)9-20(19-16)15-7-2-1-6-14(15)18/h1-10H. The van der Waals surface area contributed by atoms with Crippen LogP contribution in [0.4, 0.5) is 0 Å². The molecule has 0 aliphatic carbocycles. The van der Waals surface area contributed by atoms with E-state index in [0.717, 1.165) is 26.5 Å². The number of aromatic nitrogens is 2. The number of halogens is 2. The highest BCUT2D eigenvalue weighted by Crippen LogP contribution is 2.27. The Labute approximate surface area is 138 Å². The van der Waals surface area contributed by atoms with E-state index >= 15 is 0 Å². The molecule has 0 fully saturated rings. The van der Waals surface area contributed by atoms with Gasteiger partial charge in [-0.3, -0.25) is 4.79 Å². The van der Waals surface area contributed by atoms with E-state index in [-0.39, 0.29) is 0 Å². The second-order valence-corrected chi connectivity index (χ2v) is 6.23. The van der Waals surface area contributed by atoms with Gasteiger partial charge < -0.3 is 0 Å². The molecule has 0 saturated heterocycles. The number of aldehydes is 1. The van der Waals surface area contributed by atoms with Crippen LogP contribution < -0.4 is 0 Å². The zero-order valence-corrected chi connectivity index (χ0v) is 14.0. The first-order valence-corrected chi connectivity index (χ1v) is 7.83. The van der Waals surface area contributed by atoms with Crippen LogP contribution in [0.1, 0.15) is 10.4 Å². The van der Waals surface area contributed by atoms with Crippen molar-refractivity contribution in [2.45, 2.75) is 0 Å². The van der Waals surface area contributed by atoms with Crippen molar-refractivity contribution in [3.63, 3.8) is 0 Å². The molecular weight excluding hydrogens is 396 g/mol. The highest BCUT2D eigenvalue weighted by molar-refractivity contribution is 9.10. The van der Waals surface area contributed by atoms with Gasteiger partial charge in [0.25, 0.3) is 0 Å². The first-order chi connectivity index (χ1) is 10.2. The van der Waals surface area contributed by atoms with Crippen molar-refractivity contribution >= 4 is 38.1 Å². The number of rotatable bonds is 3. The summed E-state index contributed by atoms with van der Waals surface area (Å²) in [4.78, 5) is 11.3. The maximum absolute atomic E-state index is 11.3. The van der Waals surface area contributed by atoms with Gasteiger partial charge >= 0.3 is 0 Å². The van der Waals surface area contributed by atoms with Crippen molar-refractivity contribution in [2.24, 2.45) is 0 Å². The van der Waals surface area contributed by atoms with Gasteiger partial charge in [0.15, 0.2) is 6.29 Å². The molecule has 0 radical (unpaired) electrons. The Hall–Kier alpha value is -1.72. The summed E-state index contributed by atoms with van der Waals surface area (Å²) in [6.07, 6.45) is 2.57. The summed E-state index contributed by atoms with van der Waals surface area (Å²) >= 11 is 6.94. The number of carbonyl (C=O) groups is 1. The molecule has 1 heterocycles. The van der Waals surface area contributed by atoms with Crippen LogP contribution in [-0.4, -0.2) is 16.1 Å². The van der Waals surface area contributed by atoms with Crippen molar-refractivity contribution in [2.75, 3.05) is 0 Å². The second-order valence-electron chi connectivity index (χ2n) is 4.46. The molecule has 21 heavy (non-hydrogen) atoms. The first-order valence-electron chi connectivity index (χ1n) is 6.25. The summed E-state index contributed by atoms with van der Waals surface area (Å²) in [5, 5.41) is 4.56. The number of carbonyl (C=O) groups excluding carboxylic acids is 1. The normalized spacial score (nSPS) is 10.6. The number of nitrogens with zero attached hydrogens (tertiary/aromatic N) is 2. The molecule has 2 aromatic carbocycles. The number of hydrogen-bond donors (Lipinski definition) is 0. The minimum absolute atomic E-state index is 0.559. The molecule has 0 atom stereocenters. The van der Waals surface area contributed by atoms with Crippen molar-refractivity contribution in [1.29, 1.82) is 0 Å². The Morgan fingerprint density at radius 2 is 1.86 bits per heavy atom. The minimum Gasteiger partial charge on any atom is -0.298 e. The minimum atomic E-state index is 0.559. The van der Waals surface area contributed by atoms with E-state index in [4.69, 9.17) is 0 Å². The third-order valence-corrected chi connectivity index (χ3v) is 4.23. The van der Waals surface area contributed by atoms with Gasteiger partial charge in [0, 0.05) is 20.7 Å². The lowest BCUT2D eigenvalue weighted by Crippen LogP contribution is -1.95. The van der Waals surface area contributed by atoms with Gasteiger partial charge in [-0.1, -0.05) is 40.2 Å². The molecule has 3 rings (SSSR count). The van der Waals surface area contributed by atoms with Gasteiger partial charge in [-0.2, -0.15) is 5.10 Å². The van der Waals surface area contributed by atoms with Crippen LogP contribution in [0, 0.1) is 0 Å². The Morgan fingerprint density at radius 3 is 2.57 bits per heavy atom. The second kappa shape index (κ2) is 5.95. The predicted molar refractivity (Wildman–Crippen MR) is 89.8 cm³/mol. The molecule has 5 heteroatoms. The predicted octanol–water partition coefficient (Wildman–Crippen LogP) is 4.88. The monoisotopic (exact) mass is 404 g/mol. The van der Waals surface area contributed by atoms with Crippen LogP contribution in [0.2, 0.25) is 0 Å². The van der Waals surface area contributed by atoms with Gasteiger partial charge in [-0.25, -0.2) is 4.68 Å². The zero-order chi connectivity index (χ0) is 14.8. The fourth-order valence-corrected chi connectivity index (χ4v) is 2.96. The summed E-state index contributed by atoms with van der Waals surface area (Å²) in [6.45, 7) is 0.